The summed E-state index contributed by atoms with van der Waals surface area (Å²) in [6.45, 7) is 4.24. The first-order valence-electron chi connectivity index (χ1n) is 6.73. The molecular formula is C15H23NO2. The first-order chi connectivity index (χ1) is 8.83. The van der Waals surface area contributed by atoms with E-state index in [2.05, 4.69) is 12.2 Å². The standard InChI is InChI=1S/C15H23NO2/c1-2-3-7-11-16-12-10-15(17)18-13-14-8-5-4-6-9-14/h4-6,8-9,16H,2-3,7,10-13H2,1H3. The SMILES string of the molecule is CCCCCNCCC(=O)OCc1ccccc1. The Hall–Kier alpha value is -1.35. The third kappa shape index (κ3) is 7.07. The molecule has 0 unspecified atom stereocenters. The van der Waals surface area contributed by atoms with Crippen LogP contribution >= 0.6 is 0 Å². The van der Waals surface area contributed by atoms with Crippen LogP contribution in [0.2, 0.25) is 0 Å². The van der Waals surface area contributed by atoms with Crippen molar-refractivity contribution in [1.82, 2.24) is 5.32 Å². The normalized spacial score (nSPS) is 10.3. The van der Waals surface area contributed by atoms with Crippen LogP contribution in [-0.4, -0.2) is 19.1 Å². The highest BCUT2D eigenvalue weighted by atomic mass is 16.5. The van der Waals surface area contributed by atoms with Gasteiger partial charge in [0.1, 0.15) is 6.61 Å². The number of carbonyl (C=O) groups excluding carboxylic acids is 1. The van der Waals surface area contributed by atoms with Gasteiger partial charge in [0.25, 0.3) is 0 Å². The van der Waals surface area contributed by atoms with E-state index in [0.717, 1.165) is 12.1 Å². The zero-order valence-corrected chi connectivity index (χ0v) is 11.2. The first-order valence-corrected chi connectivity index (χ1v) is 6.73. The Bertz CT molecular complexity index is 325. The molecule has 0 aliphatic rings. The van der Waals surface area contributed by atoms with Gasteiger partial charge in [0.05, 0.1) is 6.42 Å². The lowest BCUT2D eigenvalue weighted by molar-refractivity contribution is -0.144. The Morgan fingerprint density at radius 2 is 1.94 bits per heavy atom. The van der Waals surface area contributed by atoms with Crippen molar-refractivity contribution < 1.29 is 9.53 Å². The van der Waals surface area contributed by atoms with Crippen LogP contribution in [0.3, 0.4) is 0 Å². The number of ether oxygens (including phenoxy) is 1. The maximum atomic E-state index is 11.4. The van der Waals surface area contributed by atoms with Gasteiger partial charge in [-0.15, -0.1) is 0 Å². The predicted molar refractivity (Wildman–Crippen MR) is 73.2 cm³/mol. The topological polar surface area (TPSA) is 38.3 Å². The molecular weight excluding hydrogens is 226 g/mol. The molecule has 0 saturated carbocycles. The van der Waals surface area contributed by atoms with Crippen LogP contribution in [0.15, 0.2) is 30.3 Å². The van der Waals surface area contributed by atoms with E-state index in [1.54, 1.807) is 0 Å². The summed E-state index contributed by atoms with van der Waals surface area (Å²) in [5.41, 5.74) is 1.03. The molecule has 3 nitrogen and oxygen atoms in total. The Kier molecular flexibility index (Phi) is 7.89. The van der Waals surface area contributed by atoms with Crippen molar-refractivity contribution in [2.75, 3.05) is 13.1 Å². The minimum absolute atomic E-state index is 0.137. The zero-order valence-electron chi connectivity index (χ0n) is 11.2. The lowest BCUT2D eigenvalue weighted by atomic mass is 10.2. The molecule has 0 aromatic heterocycles. The van der Waals surface area contributed by atoms with E-state index >= 15 is 0 Å². The number of rotatable bonds is 9. The maximum absolute atomic E-state index is 11.4. The maximum Gasteiger partial charge on any atom is 0.307 e. The number of hydrogen-bond donors (Lipinski definition) is 1. The number of carbonyl (C=O) groups is 1. The number of nitrogens with one attached hydrogen (secondary N) is 1. The van der Waals surface area contributed by atoms with E-state index in [4.69, 9.17) is 4.74 Å². The predicted octanol–water partition coefficient (Wildman–Crippen LogP) is 2.90. The van der Waals surface area contributed by atoms with E-state index in [-0.39, 0.29) is 5.97 Å². The van der Waals surface area contributed by atoms with Crippen molar-refractivity contribution in [1.29, 1.82) is 0 Å². The van der Waals surface area contributed by atoms with Crippen molar-refractivity contribution in [2.24, 2.45) is 0 Å². The minimum Gasteiger partial charge on any atom is -0.461 e. The van der Waals surface area contributed by atoms with Gasteiger partial charge in [-0.25, -0.2) is 0 Å². The average Bonchev–Trinajstić information content (AvgIpc) is 2.41. The van der Waals surface area contributed by atoms with E-state index < -0.39 is 0 Å². The summed E-state index contributed by atoms with van der Waals surface area (Å²) in [6, 6.07) is 9.75. The zero-order chi connectivity index (χ0) is 13.1. The Balaban J connectivity index is 2.01. The fraction of sp³-hybridized carbons (Fsp3) is 0.533. The molecule has 0 spiro atoms. The number of hydrogen-bond acceptors (Lipinski definition) is 3. The highest BCUT2D eigenvalue weighted by Crippen LogP contribution is 2.01. The lowest BCUT2D eigenvalue weighted by Gasteiger charge is -2.06. The molecule has 0 fully saturated rings. The second-order valence-electron chi connectivity index (χ2n) is 4.35. The van der Waals surface area contributed by atoms with Gasteiger partial charge in [-0.2, -0.15) is 0 Å². The number of esters is 1. The molecule has 18 heavy (non-hydrogen) atoms. The third-order valence-electron chi connectivity index (χ3n) is 2.71. The molecule has 0 saturated heterocycles. The molecule has 0 radical (unpaired) electrons. The number of benzene rings is 1. The second-order valence-corrected chi connectivity index (χ2v) is 4.35. The van der Waals surface area contributed by atoms with Crippen molar-refractivity contribution >= 4 is 5.97 Å². The lowest BCUT2D eigenvalue weighted by Crippen LogP contribution is -2.20. The molecule has 0 bridgehead atoms. The van der Waals surface area contributed by atoms with Crippen LogP contribution in [0.5, 0.6) is 0 Å². The molecule has 0 amide bonds. The summed E-state index contributed by atoms with van der Waals surface area (Å²) in [4.78, 5) is 11.4. The molecule has 0 heterocycles. The number of unbranched alkanes of at least 4 members (excludes halogenated alkanes) is 2. The summed E-state index contributed by atoms with van der Waals surface area (Å²) in [5.74, 6) is -0.137. The average molecular weight is 249 g/mol. The van der Waals surface area contributed by atoms with Crippen LogP contribution in [0.1, 0.15) is 38.2 Å². The molecule has 0 aliphatic carbocycles. The van der Waals surface area contributed by atoms with E-state index in [1.807, 2.05) is 30.3 Å². The van der Waals surface area contributed by atoms with Gasteiger partial charge in [0.2, 0.25) is 0 Å². The summed E-state index contributed by atoms with van der Waals surface area (Å²) in [5, 5.41) is 3.25. The van der Waals surface area contributed by atoms with E-state index in [1.165, 1.54) is 19.3 Å². The smallest absolute Gasteiger partial charge is 0.307 e. The Labute approximate surface area is 110 Å². The second kappa shape index (κ2) is 9.66. The Morgan fingerprint density at radius 1 is 1.17 bits per heavy atom. The van der Waals surface area contributed by atoms with Gasteiger partial charge >= 0.3 is 5.97 Å². The van der Waals surface area contributed by atoms with Gasteiger partial charge in [0, 0.05) is 6.54 Å². The van der Waals surface area contributed by atoms with Gasteiger partial charge in [0.15, 0.2) is 0 Å². The van der Waals surface area contributed by atoms with Crippen molar-refractivity contribution in [3.8, 4) is 0 Å². The third-order valence-corrected chi connectivity index (χ3v) is 2.71. The fourth-order valence-corrected chi connectivity index (χ4v) is 1.63. The van der Waals surface area contributed by atoms with Crippen LogP contribution < -0.4 is 5.32 Å². The van der Waals surface area contributed by atoms with E-state index in [0.29, 0.717) is 19.6 Å². The van der Waals surface area contributed by atoms with Crippen molar-refractivity contribution in [3.63, 3.8) is 0 Å². The van der Waals surface area contributed by atoms with Crippen LogP contribution in [0.25, 0.3) is 0 Å². The van der Waals surface area contributed by atoms with Crippen molar-refractivity contribution in [2.45, 2.75) is 39.2 Å². The van der Waals surface area contributed by atoms with Crippen molar-refractivity contribution in [3.05, 3.63) is 35.9 Å². The molecule has 0 atom stereocenters. The highest BCUT2D eigenvalue weighted by Gasteiger charge is 2.02. The Morgan fingerprint density at radius 3 is 2.67 bits per heavy atom. The molecule has 100 valence electrons. The van der Waals surface area contributed by atoms with Gasteiger partial charge in [-0.1, -0.05) is 50.1 Å². The summed E-state index contributed by atoms with van der Waals surface area (Å²) < 4.78 is 5.18. The molecule has 1 N–H and O–H groups in total. The van der Waals surface area contributed by atoms with Gasteiger partial charge in [-0.3, -0.25) is 4.79 Å². The molecule has 0 aliphatic heterocycles. The van der Waals surface area contributed by atoms with Gasteiger partial charge < -0.3 is 10.1 Å². The fourth-order valence-electron chi connectivity index (χ4n) is 1.63. The molecule has 3 heteroatoms. The molecule has 1 aromatic rings. The first kappa shape index (κ1) is 14.7. The van der Waals surface area contributed by atoms with E-state index in [9.17, 15) is 4.79 Å². The van der Waals surface area contributed by atoms with Crippen LogP contribution in [-0.2, 0) is 16.1 Å². The summed E-state index contributed by atoms with van der Waals surface area (Å²) in [7, 11) is 0. The monoisotopic (exact) mass is 249 g/mol. The largest absolute Gasteiger partial charge is 0.461 e. The minimum atomic E-state index is -0.137. The van der Waals surface area contributed by atoms with Crippen LogP contribution in [0.4, 0.5) is 0 Å². The quantitative estimate of drug-likeness (QED) is 0.540. The summed E-state index contributed by atoms with van der Waals surface area (Å²) in [6.07, 6.45) is 4.08. The highest BCUT2D eigenvalue weighted by molar-refractivity contribution is 5.69. The molecule has 1 rings (SSSR count). The van der Waals surface area contributed by atoms with Gasteiger partial charge in [-0.05, 0) is 18.5 Å². The summed E-state index contributed by atoms with van der Waals surface area (Å²) >= 11 is 0. The molecule has 1 aromatic carbocycles. The van der Waals surface area contributed by atoms with Crippen LogP contribution in [0, 0.1) is 0 Å².